The second-order valence-electron chi connectivity index (χ2n) is 5.90. The lowest BCUT2D eigenvalue weighted by Gasteiger charge is -2.26. The zero-order valence-electron chi connectivity index (χ0n) is 13.3. The van der Waals surface area contributed by atoms with E-state index in [-0.39, 0.29) is 24.1 Å². The Morgan fingerprint density at radius 3 is 1.89 bits per heavy atom. The van der Waals surface area contributed by atoms with Gasteiger partial charge in [0.1, 0.15) is 0 Å². The number of hydrogen-bond acceptors (Lipinski definition) is 3. The van der Waals surface area contributed by atoms with Gasteiger partial charge < -0.3 is 13.9 Å². The molecular formula is C14H32O3Si. The van der Waals surface area contributed by atoms with Crippen molar-refractivity contribution in [2.45, 2.75) is 91.5 Å². The molecule has 0 saturated carbocycles. The van der Waals surface area contributed by atoms with E-state index in [0.29, 0.717) is 0 Å². The van der Waals surface area contributed by atoms with Crippen molar-refractivity contribution in [2.24, 2.45) is 0 Å². The fourth-order valence-corrected chi connectivity index (χ4v) is 2.88. The van der Waals surface area contributed by atoms with E-state index < -0.39 is 9.76 Å². The fraction of sp³-hybridized carbons (Fsp3) is 1.00. The molecule has 0 bridgehead atoms. The normalized spacial score (nSPS) is 13.7. The Balaban J connectivity index is 3.89. The van der Waals surface area contributed by atoms with E-state index in [0.717, 1.165) is 18.9 Å². The molecule has 3 nitrogen and oxygen atoms in total. The van der Waals surface area contributed by atoms with Gasteiger partial charge in [0.25, 0.3) is 0 Å². The van der Waals surface area contributed by atoms with Crippen molar-refractivity contribution >= 4 is 9.76 Å². The molecule has 0 aliphatic heterocycles. The average Bonchev–Trinajstić information content (AvgIpc) is 2.22. The van der Waals surface area contributed by atoms with Crippen LogP contribution >= 0.6 is 0 Å². The molecule has 0 aromatic rings. The second kappa shape index (κ2) is 9.07. The molecule has 0 unspecified atom stereocenters. The predicted molar refractivity (Wildman–Crippen MR) is 79.7 cm³/mol. The van der Waals surface area contributed by atoms with Crippen LogP contribution in [0, 0.1) is 0 Å². The Morgan fingerprint density at radius 1 is 1.00 bits per heavy atom. The molecule has 0 aliphatic carbocycles. The SMILES string of the molecule is CCC(C)(C)O[SiH2]CCC(OC(C)C)OC(C)C. The van der Waals surface area contributed by atoms with Crippen LogP contribution < -0.4 is 0 Å². The smallest absolute Gasteiger partial charge is 0.162 e. The molecule has 0 aromatic carbocycles. The molecule has 0 amide bonds. The number of hydrogen-bond donors (Lipinski definition) is 0. The van der Waals surface area contributed by atoms with Crippen molar-refractivity contribution in [3.63, 3.8) is 0 Å². The Morgan fingerprint density at radius 2 is 1.50 bits per heavy atom. The van der Waals surface area contributed by atoms with Gasteiger partial charge in [-0.15, -0.1) is 0 Å². The first kappa shape index (κ1) is 18.1. The van der Waals surface area contributed by atoms with Crippen LogP contribution in [-0.2, 0) is 13.9 Å². The summed E-state index contributed by atoms with van der Waals surface area (Å²) >= 11 is 0. The number of rotatable bonds is 10. The third kappa shape index (κ3) is 10.1. The highest BCUT2D eigenvalue weighted by molar-refractivity contribution is 6.27. The van der Waals surface area contributed by atoms with Crippen LogP contribution in [0.15, 0.2) is 0 Å². The zero-order chi connectivity index (χ0) is 14.2. The van der Waals surface area contributed by atoms with Gasteiger partial charge in [-0.1, -0.05) is 6.92 Å². The average molecular weight is 276 g/mol. The van der Waals surface area contributed by atoms with Gasteiger partial charge in [0.15, 0.2) is 16.1 Å². The lowest BCUT2D eigenvalue weighted by molar-refractivity contribution is -0.181. The van der Waals surface area contributed by atoms with Crippen molar-refractivity contribution in [1.29, 1.82) is 0 Å². The lowest BCUT2D eigenvalue weighted by Crippen LogP contribution is -2.27. The minimum absolute atomic E-state index is 0.0412. The minimum atomic E-state index is -0.474. The first-order valence-electron chi connectivity index (χ1n) is 7.21. The van der Waals surface area contributed by atoms with Crippen molar-refractivity contribution in [2.75, 3.05) is 0 Å². The van der Waals surface area contributed by atoms with Crippen LogP contribution in [0.5, 0.6) is 0 Å². The van der Waals surface area contributed by atoms with Gasteiger partial charge in [0.2, 0.25) is 0 Å². The maximum Gasteiger partial charge on any atom is 0.162 e. The summed E-state index contributed by atoms with van der Waals surface area (Å²) in [7, 11) is -0.474. The molecule has 0 spiro atoms. The molecule has 4 heteroatoms. The highest BCUT2D eigenvalue weighted by atomic mass is 28.2. The monoisotopic (exact) mass is 276 g/mol. The third-order valence-corrected chi connectivity index (χ3v) is 4.46. The molecule has 0 fully saturated rings. The van der Waals surface area contributed by atoms with Gasteiger partial charge in [-0.3, -0.25) is 0 Å². The second-order valence-corrected chi connectivity index (χ2v) is 7.31. The van der Waals surface area contributed by atoms with Gasteiger partial charge in [-0.2, -0.15) is 0 Å². The summed E-state index contributed by atoms with van der Waals surface area (Å²) in [5.41, 5.74) is 0.0412. The van der Waals surface area contributed by atoms with E-state index in [1.165, 1.54) is 0 Å². The zero-order valence-corrected chi connectivity index (χ0v) is 14.7. The lowest BCUT2D eigenvalue weighted by atomic mass is 10.1. The van der Waals surface area contributed by atoms with E-state index in [1.54, 1.807) is 0 Å². The molecule has 0 aliphatic rings. The summed E-state index contributed by atoms with van der Waals surface area (Å²) in [6.45, 7) is 14.7. The summed E-state index contributed by atoms with van der Waals surface area (Å²) in [5, 5.41) is 0. The Kier molecular flexibility index (Phi) is 9.12. The summed E-state index contributed by atoms with van der Waals surface area (Å²) < 4.78 is 17.5. The summed E-state index contributed by atoms with van der Waals surface area (Å²) in [6.07, 6.45) is 2.36. The van der Waals surface area contributed by atoms with Crippen molar-refractivity contribution in [3.8, 4) is 0 Å². The molecule has 0 N–H and O–H groups in total. The van der Waals surface area contributed by atoms with Gasteiger partial charge in [-0.25, -0.2) is 0 Å². The van der Waals surface area contributed by atoms with Crippen molar-refractivity contribution in [1.82, 2.24) is 0 Å². The molecule has 0 atom stereocenters. The molecule has 0 saturated heterocycles. The van der Waals surface area contributed by atoms with E-state index in [1.807, 2.05) is 27.7 Å². The molecule has 0 rings (SSSR count). The highest BCUT2D eigenvalue weighted by Crippen LogP contribution is 2.15. The molecule has 0 radical (unpaired) electrons. The van der Waals surface area contributed by atoms with Crippen molar-refractivity contribution in [3.05, 3.63) is 0 Å². The predicted octanol–water partition coefficient (Wildman–Crippen LogP) is 3.26. The van der Waals surface area contributed by atoms with Gasteiger partial charge >= 0.3 is 0 Å². The van der Waals surface area contributed by atoms with Crippen LogP contribution in [0.1, 0.15) is 61.3 Å². The summed E-state index contributed by atoms with van der Waals surface area (Å²) in [5.74, 6) is 0. The third-order valence-electron chi connectivity index (χ3n) is 2.78. The molecule has 0 aromatic heterocycles. The topological polar surface area (TPSA) is 27.7 Å². The summed E-state index contributed by atoms with van der Waals surface area (Å²) in [6, 6.07) is 1.10. The first-order valence-corrected chi connectivity index (χ1v) is 8.79. The molecule has 18 heavy (non-hydrogen) atoms. The van der Waals surface area contributed by atoms with E-state index in [2.05, 4.69) is 20.8 Å². The molecular weight excluding hydrogens is 244 g/mol. The van der Waals surface area contributed by atoms with Crippen LogP contribution in [-0.4, -0.2) is 33.9 Å². The number of ether oxygens (including phenoxy) is 2. The maximum atomic E-state index is 5.97. The van der Waals surface area contributed by atoms with Gasteiger partial charge in [0.05, 0.1) is 12.2 Å². The largest absolute Gasteiger partial charge is 0.419 e. The minimum Gasteiger partial charge on any atom is -0.419 e. The highest BCUT2D eigenvalue weighted by Gasteiger charge is 2.17. The Hall–Kier alpha value is 0.0969. The van der Waals surface area contributed by atoms with Crippen molar-refractivity contribution < 1.29 is 13.9 Å². The van der Waals surface area contributed by atoms with Gasteiger partial charge in [-0.05, 0) is 60.4 Å². The van der Waals surface area contributed by atoms with E-state index >= 15 is 0 Å². The Bertz CT molecular complexity index is 195. The van der Waals surface area contributed by atoms with E-state index in [4.69, 9.17) is 13.9 Å². The quantitative estimate of drug-likeness (QED) is 0.348. The van der Waals surface area contributed by atoms with Crippen LogP contribution in [0.4, 0.5) is 0 Å². The maximum absolute atomic E-state index is 5.97. The molecule has 110 valence electrons. The Labute approximate surface area is 116 Å². The van der Waals surface area contributed by atoms with Crippen LogP contribution in [0.2, 0.25) is 6.04 Å². The van der Waals surface area contributed by atoms with E-state index in [9.17, 15) is 0 Å². The first-order chi connectivity index (χ1) is 8.26. The van der Waals surface area contributed by atoms with Crippen LogP contribution in [0.25, 0.3) is 0 Å². The van der Waals surface area contributed by atoms with Crippen LogP contribution in [0.3, 0.4) is 0 Å². The summed E-state index contributed by atoms with van der Waals surface area (Å²) in [4.78, 5) is 0. The van der Waals surface area contributed by atoms with Gasteiger partial charge in [0, 0.05) is 5.60 Å². The fourth-order valence-electron chi connectivity index (χ4n) is 1.48. The molecule has 0 heterocycles. The standard InChI is InChI=1S/C14H32O3Si/c1-8-14(6,7)17-18-10-9-13(15-11(2)3)16-12(4)5/h11-13H,8-10,18H2,1-7H3.